The van der Waals surface area contributed by atoms with Crippen molar-refractivity contribution in [2.45, 2.75) is 12.0 Å². The van der Waals surface area contributed by atoms with Crippen molar-refractivity contribution in [1.29, 1.82) is 0 Å². The molecule has 0 heterocycles. The molecule has 4 nitrogen and oxygen atoms in total. The number of amides is 1. The summed E-state index contributed by atoms with van der Waals surface area (Å²) in [6.07, 6.45) is 0. The molecule has 130 valence electrons. The molecule has 2 N–H and O–H groups in total. The standard InChI is InChI=1S/C22H19NO3/c24-21(23-20(22(25)26)18-14-8-3-9-15-18)19(16-10-4-1-5-11-16)17-12-6-2-7-13-17/h1-15,19-20H,(H,23,24)(H,25,26). The van der Waals surface area contributed by atoms with E-state index in [2.05, 4.69) is 5.32 Å². The van der Waals surface area contributed by atoms with E-state index in [0.29, 0.717) is 5.56 Å². The van der Waals surface area contributed by atoms with Gasteiger partial charge in [0.15, 0.2) is 6.04 Å². The van der Waals surface area contributed by atoms with E-state index in [9.17, 15) is 14.7 Å². The molecule has 4 heteroatoms. The zero-order valence-corrected chi connectivity index (χ0v) is 14.1. The third-order valence-electron chi connectivity index (χ3n) is 4.19. The van der Waals surface area contributed by atoms with Gasteiger partial charge in [0.05, 0.1) is 5.92 Å². The zero-order valence-electron chi connectivity index (χ0n) is 14.1. The zero-order chi connectivity index (χ0) is 18.4. The molecule has 0 aliphatic carbocycles. The second-order valence-corrected chi connectivity index (χ2v) is 5.94. The summed E-state index contributed by atoms with van der Waals surface area (Å²) in [6, 6.07) is 26.3. The van der Waals surface area contributed by atoms with E-state index in [4.69, 9.17) is 0 Å². The quantitative estimate of drug-likeness (QED) is 0.715. The molecule has 0 aliphatic heterocycles. The predicted molar refractivity (Wildman–Crippen MR) is 99.7 cm³/mol. The van der Waals surface area contributed by atoms with Crippen molar-refractivity contribution in [1.82, 2.24) is 5.32 Å². The molecule has 1 amide bonds. The van der Waals surface area contributed by atoms with Crippen molar-refractivity contribution in [3.05, 3.63) is 108 Å². The molecule has 0 saturated heterocycles. The van der Waals surface area contributed by atoms with Gasteiger partial charge in [-0.25, -0.2) is 4.79 Å². The average molecular weight is 345 g/mol. The number of hydrogen-bond acceptors (Lipinski definition) is 2. The Labute approximate surface area is 152 Å². The first kappa shape index (κ1) is 17.4. The maximum absolute atomic E-state index is 13.1. The summed E-state index contributed by atoms with van der Waals surface area (Å²) in [7, 11) is 0. The van der Waals surface area contributed by atoms with Gasteiger partial charge in [-0.1, -0.05) is 91.0 Å². The molecule has 0 saturated carbocycles. The summed E-state index contributed by atoms with van der Waals surface area (Å²) in [5, 5.41) is 12.3. The van der Waals surface area contributed by atoms with E-state index in [1.807, 2.05) is 60.7 Å². The lowest BCUT2D eigenvalue weighted by Gasteiger charge is -2.21. The lowest BCUT2D eigenvalue weighted by Crippen LogP contribution is -2.37. The number of carboxylic acids is 1. The van der Waals surface area contributed by atoms with Gasteiger partial charge in [-0.3, -0.25) is 4.79 Å². The number of carboxylic acid groups (broad SMARTS) is 1. The summed E-state index contributed by atoms with van der Waals surface area (Å²) >= 11 is 0. The van der Waals surface area contributed by atoms with Crippen LogP contribution >= 0.6 is 0 Å². The van der Waals surface area contributed by atoms with Gasteiger partial charge in [0.1, 0.15) is 0 Å². The van der Waals surface area contributed by atoms with Crippen molar-refractivity contribution in [3.8, 4) is 0 Å². The SMILES string of the molecule is O=C(O)C(NC(=O)C(c1ccccc1)c1ccccc1)c1ccccc1. The van der Waals surface area contributed by atoms with Gasteiger partial charge >= 0.3 is 5.97 Å². The Morgan fingerprint density at radius 3 is 1.42 bits per heavy atom. The molecule has 1 atom stereocenters. The second kappa shape index (κ2) is 8.12. The van der Waals surface area contributed by atoms with Crippen LogP contribution in [0, 0.1) is 0 Å². The molecule has 0 radical (unpaired) electrons. The van der Waals surface area contributed by atoms with Crippen molar-refractivity contribution in [3.63, 3.8) is 0 Å². The van der Waals surface area contributed by atoms with Crippen LogP contribution in [0.2, 0.25) is 0 Å². The fraction of sp³-hybridized carbons (Fsp3) is 0.0909. The molecule has 0 aliphatic rings. The third kappa shape index (κ3) is 3.98. The van der Waals surface area contributed by atoms with Crippen molar-refractivity contribution >= 4 is 11.9 Å². The normalized spacial score (nSPS) is 11.7. The van der Waals surface area contributed by atoms with Crippen LogP contribution < -0.4 is 5.32 Å². The largest absolute Gasteiger partial charge is 0.479 e. The molecule has 0 spiro atoms. The summed E-state index contributed by atoms with van der Waals surface area (Å²) in [5.41, 5.74) is 2.16. The molecular formula is C22H19NO3. The Hall–Kier alpha value is -3.40. The molecular weight excluding hydrogens is 326 g/mol. The Morgan fingerprint density at radius 1 is 0.654 bits per heavy atom. The lowest BCUT2D eigenvalue weighted by atomic mass is 9.90. The molecule has 3 rings (SSSR count). The van der Waals surface area contributed by atoms with Crippen molar-refractivity contribution in [2.75, 3.05) is 0 Å². The molecule has 0 fully saturated rings. The highest BCUT2D eigenvalue weighted by Crippen LogP contribution is 2.26. The van der Waals surface area contributed by atoms with E-state index < -0.39 is 17.9 Å². The van der Waals surface area contributed by atoms with Gasteiger partial charge in [-0.2, -0.15) is 0 Å². The Kier molecular flexibility index (Phi) is 5.44. The molecule has 1 unspecified atom stereocenters. The number of carbonyl (C=O) groups is 2. The van der Waals surface area contributed by atoms with E-state index in [-0.39, 0.29) is 5.91 Å². The highest BCUT2D eigenvalue weighted by atomic mass is 16.4. The highest BCUT2D eigenvalue weighted by molar-refractivity contribution is 5.91. The fourth-order valence-electron chi connectivity index (χ4n) is 2.94. The molecule has 3 aromatic rings. The van der Waals surface area contributed by atoms with Crippen molar-refractivity contribution < 1.29 is 14.7 Å². The summed E-state index contributed by atoms with van der Waals surface area (Å²) in [4.78, 5) is 24.8. The minimum Gasteiger partial charge on any atom is -0.479 e. The predicted octanol–water partition coefficient (Wildman–Crippen LogP) is 3.76. The summed E-state index contributed by atoms with van der Waals surface area (Å²) in [5.74, 6) is -2.02. The lowest BCUT2D eigenvalue weighted by molar-refractivity contribution is -0.142. The topological polar surface area (TPSA) is 66.4 Å². The Morgan fingerprint density at radius 2 is 1.04 bits per heavy atom. The Bertz CT molecular complexity index is 824. The highest BCUT2D eigenvalue weighted by Gasteiger charge is 2.28. The number of hydrogen-bond donors (Lipinski definition) is 2. The summed E-state index contributed by atoms with van der Waals surface area (Å²) in [6.45, 7) is 0. The average Bonchev–Trinajstić information content (AvgIpc) is 2.68. The van der Waals surface area contributed by atoms with Crippen LogP contribution in [-0.4, -0.2) is 17.0 Å². The van der Waals surface area contributed by atoms with Crippen LogP contribution in [0.25, 0.3) is 0 Å². The van der Waals surface area contributed by atoms with Gasteiger partial charge in [0.2, 0.25) is 5.91 Å². The molecule has 26 heavy (non-hydrogen) atoms. The van der Waals surface area contributed by atoms with Crippen LogP contribution in [0.4, 0.5) is 0 Å². The smallest absolute Gasteiger partial charge is 0.330 e. The van der Waals surface area contributed by atoms with Crippen LogP contribution in [0.15, 0.2) is 91.0 Å². The number of aliphatic carboxylic acids is 1. The third-order valence-corrected chi connectivity index (χ3v) is 4.19. The number of benzene rings is 3. The summed E-state index contributed by atoms with van der Waals surface area (Å²) < 4.78 is 0. The van der Waals surface area contributed by atoms with Gasteiger partial charge in [0.25, 0.3) is 0 Å². The number of carbonyl (C=O) groups excluding carboxylic acids is 1. The molecule has 0 bridgehead atoms. The van der Waals surface area contributed by atoms with Gasteiger partial charge in [0, 0.05) is 0 Å². The Balaban J connectivity index is 1.94. The number of nitrogens with one attached hydrogen (secondary N) is 1. The monoisotopic (exact) mass is 345 g/mol. The van der Waals surface area contributed by atoms with Crippen LogP contribution in [0.5, 0.6) is 0 Å². The maximum Gasteiger partial charge on any atom is 0.330 e. The maximum atomic E-state index is 13.1. The van der Waals surface area contributed by atoms with E-state index in [1.54, 1.807) is 30.3 Å². The first-order valence-corrected chi connectivity index (χ1v) is 8.35. The van der Waals surface area contributed by atoms with Crippen LogP contribution in [0.1, 0.15) is 28.7 Å². The van der Waals surface area contributed by atoms with Gasteiger partial charge < -0.3 is 10.4 Å². The minimum atomic E-state index is -1.10. The number of rotatable bonds is 6. The first-order chi connectivity index (χ1) is 12.7. The van der Waals surface area contributed by atoms with E-state index >= 15 is 0 Å². The minimum absolute atomic E-state index is 0.348. The first-order valence-electron chi connectivity index (χ1n) is 8.35. The van der Waals surface area contributed by atoms with E-state index in [1.165, 1.54) is 0 Å². The second-order valence-electron chi connectivity index (χ2n) is 5.94. The fourth-order valence-corrected chi connectivity index (χ4v) is 2.94. The van der Waals surface area contributed by atoms with Crippen molar-refractivity contribution in [2.24, 2.45) is 0 Å². The molecule has 3 aromatic carbocycles. The van der Waals surface area contributed by atoms with E-state index in [0.717, 1.165) is 11.1 Å². The van der Waals surface area contributed by atoms with Gasteiger partial charge in [-0.05, 0) is 16.7 Å². The van der Waals surface area contributed by atoms with Gasteiger partial charge in [-0.15, -0.1) is 0 Å². The van der Waals surface area contributed by atoms with Crippen LogP contribution in [0.3, 0.4) is 0 Å². The molecule has 0 aromatic heterocycles. The van der Waals surface area contributed by atoms with Crippen LogP contribution in [-0.2, 0) is 9.59 Å².